The maximum Gasteiger partial charge on any atom is 0.251 e. The Labute approximate surface area is 68.8 Å². The van der Waals surface area contributed by atoms with Gasteiger partial charge in [-0.2, -0.15) is 0 Å². The average Bonchev–Trinajstić information content (AvgIpc) is 2.03. The monoisotopic (exact) mass is 171 g/mol. The van der Waals surface area contributed by atoms with Gasteiger partial charge in [0.2, 0.25) is 0 Å². The molecule has 0 fully saturated rings. The SMILES string of the molecule is O=C[C@H]1CC=C[C@@H](O)[C@@H]1[N+](=O)[O-]. The summed E-state index contributed by atoms with van der Waals surface area (Å²) in [6.45, 7) is 0. The summed E-state index contributed by atoms with van der Waals surface area (Å²) in [6, 6.07) is -1.17. The molecule has 0 amide bonds. The third-order valence-electron chi connectivity index (χ3n) is 1.95. The number of aldehydes is 1. The fraction of sp³-hybridized carbons (Fsp3) is 0.571. The van der Waals surface area contributed by atoms with Crippen LogP contribution < -0.4 is 0 Å². The van der Waals surface area contributed by atoms with Gasteiger partial charge in [0.15, 0.2) is 0 Å². The molecule has 0 aliphatic heterocycles. The van der Waals surface area contributed by atoms with Crippen LogP contribution in [0, 0.1) is 16.0 Å². The number of carbonyl (C=O) groups excluding carboxylic acids is 1. The Morgan fingerprint density at radius 2 is 2.33 bits per heavy atom. The smallest absolute Gasteiger partial charge is 0.251 e. The van der Waals surface area contributed by atoms with Gasteiger partial charge < -0.3 is 9.90 Å². The summed E-state index contributed by atoms with van der Waals surface area (Å²) in [5.74, 6) is -0.694. The van der Waals surface area contributed by atoms with E-state index in [-0.39, 0.29) is 0 Å². The fourth-order valence-electron chi connectivity index (χ4n) is 1.30. The highest BCUT2D eigenvalue weighted by Gasteiger charge is 2.38. The molecule has 0 spiro atoms. The summed E-state index contributed by atoms with van der Waals surface area (Å²) < 4.78 is 0. The minimum Gasteiger partial charge on any atom is -0.382 e. The number of hydrogen-bond acceptors (Lipinski definition) is 4. The number of aliphatic hydroxyl groups excluding tert-OH is 1. The molecular weight excluding hydrogens is 162 g/mol. The molecule has 5 nitrogen and oxygen atoms in total. The van der Waals surface area contributed by atoms with Gasteiger partial charge >= 0.3 is 0 Å². The minimum absolute atomic E-state index is 0.339. The summed E-state index contributed by atoms with van der Waals surface area (Å²) in [6.07, 6.45) is 2.67. The second kappa shape index (κ2) is 3.44. The quantitative estimate of drug-likeness (QED) is 0.269. The lowest BCUT2D eigenvalue weighted by atomic mass is 9.89. The lowest BCUT2D eigenvalue weighted by Gasteiger charge is -2.20. The van der Waals surface area contributed by atoms with Crippen LogP contribution in [0.1, 0.15) is 6.42 Å². The van der Waals surface area contributed by atoms with Crippen molar-refractivity contribution in [3.8, 4) is 0 Å². The van der Waals surface area contributed by atoms with Crippen LogP contribution >= 0.6 is 0 Å². The zero-order valence-electron chi connectivity index (χ0n) is 6.29. The van der Waals surface area contributed by atoms with Gasteiger partial charge in [-0.1, -0.05) is 12.2 Å². The predicted molar refractivity (Wildman–Crippen MR) is 40.1 cm³/mol. The van der Waals surface area contributed by atoms with Crippen molar-refractivity contribution in [2.24, 2.45) is 5.92 Å². The van der Waals surface area contributed by atoms with Crippen molar-refractivity contribution >= 4 is 6.29 Å². The van der Waals surface area contributed by atoms with Crippen LogP contribution in [-0.4, -0.2) is 28.5 Å². The van der Waals surface area contributed by atoms with Gasteiger partial charge in [0.05, 0.1) is 5.92 Å². The minimum atomic E-state index is -1.17. The van der Waals surface area contributed by atoms with Crippen LogP contribution in [0.3, 0.4) is 0 Å². The van der Waals surface area contributed by atoms with Crippen molar-refractivity contribution in [3.63, 3.8) is 0 Å². The first kappa shape index (κ1) is 8.86. The molecule has 0 saturated carbocycles. The molecule has 0 aromatic heterocycles. The number of nitrogens with zero attached hydrogens (tertiary/aromatic N) is 1. The van der Waals surface area contributed by atoms with Gasteiger partial charge in [-0.05, 0) is 6.42 Å². The zero-order chi connectivity index (χ0) is 9.14. The molecule has 1 aliphatic rings. The van der Waals surface area contributed by atoms with E-state index in [2.05, 4.69) is 0 Å². The standard InChI is InChI=1S/C7H9NO4/c9-4-5-2-1-3-6(10)7(5)8(11)12/h1,3-7,10H,2H2/t5-,6-,7-/m1/s1. The molecule has 0 heterocycles. The molecule has 0 aromatic rings. The summed E-state index contributed by atoms with van der Waals surface area (Å²) >= 11 is 0. The van der Waals surface area contributed by atoms with E-state index in [9.17, 15) is 14.9 Å². The molecule has 0 saturated heterocycles. The van der Waals surface area contributed by atoms with Gasteiger partial charge in [0.1, 0.15) is 12.4 Å². The fourth-order valence-corrected chi connectivity index (χ4v) is 1.30. The molecule has 12 heavy (non-hydrogen) atoms. The Morgan fingerprint density at radius 1 is 1.67 bits per heavy atom. The van der Waals surface area contributed by atoms with Gasteiger partial charge in [-0.15, -0.1) is 0 Å². The maximum absolute atomic E-state index is 10.4. The second-order valence-electron chi connectivity index (χ2n) is 2.73. The van der Waals surface area contributed by atoms with E-state index in [1.165, 1.54) is 6.08 Å². The van der Waals surface area contributed by atoms with Crippen LogP contribution in [-0.2, 0) is 4.79 Å². The molecule has 1 rings (SSSR count). The molecular formula is C7H9NO4. The van der Waals surface area contributed by atoms with E-state index < -0.39 is 23.0 Å². The molecule has 3 atom stereocenters. The van der Waals surface area contributed by atoms with Crippen LogP contribution in [0.2, 0.25) is 0 Å². The first-order valence-electron chi connectivity index (χ1n) is 3.60. The summed E-state index contributed by atoms with van der Waals surface area (Å²) in [5.41, 5.74) is 0. The topological polar surface area (TPSA) is 80.4 Å². The van der Waals surface area contributed by atoms with Gasteiger partial charge in [0.25, 0.3) is 6.04 Å². The summed E-state index contributed by atoms with van der Waals surface area (Å²) in [4.78, 5) is 20.2. The number of aliphatic hydroxyl groups is 1. The normalized spacial score (nSPS) is 34.6. The first-order valence-corrected chi connectivity index (χ1v) is 3.60. The third-order valence-corrected chi connectivity index (χ3v) is 1.95. The van der Waals surface area contributed by atoms with Crippen molar-refractivity contribution in [1.82, 2.24) is 0 Å². The molecule has 1 N–H and O–H groups in total. The van der Waals surface area contributed by atoms with E-state index in [0.29, 0.717) is 12.7 Å². The van der Waals surface area contributed by atoms with Crippen LogP contribution in [0.5, 0.6) is 0 Å². The van der Waals surface area contributed by atoms with Crippen LogP contribution in [0.4, 0.5) is 0 Å². The molecule has 0 bridgehead atoms. The lowest BCUT2D eigenvalue weighted by molar-refractivity contribution is -0.538. The van der Waals surface area contributed by atoms with E-state index in [4.69, 9.17) is 5.11 Å². The number of allylic oxidation sites excluding steroid dienone is 1. The molecule has 66 valence electrons. The Bertz CT molecular complexity index is 225. The summed E-state index contributed by atoms with van der Waals surface area (Å²) in [7, 11) is 0. The van der Waals surface area contributed by atoms with E-state index in [1.807, 2.05) is 0 Å². The Balaban J connectivity index is 2.83. The highest BCUT2D eigenvalue weighted by atomic mass is 16.6. The largest absolute Gasteiger partial charge is 0.382 e. The van der Waals surface area contributed by atoms with Crippen molar-refractivity contribution in [2.45, 2.75) is 18.6 Å². The number of rotatable bonds is 2. The van der Waals surface area contributed by atoms with Crippen molar-refractivity contribution < 1.29 is 14.8 Å². The maximum atomic E-state index is 10.4. The van der Waals surface area contributed by atoms with Crippen molar-refractivity contribution in [1.29, 1.82) is 0 Å². The second-order valence-corrected chi connectivity index (χ2v) is 2.73. The molecule has 0 unspecified atom stereocenters. The van der Waals surface area contributed by atoms with E-state index >= 15 is 0 Å². The molecule has 1 aliphatic carbocycles. The van der Waals surface area contributed by atoms with E-state index in [0.717, 1.165) is 0 Å². The van der Waals surface area contributed by atoms with Crippen LogP contribution in [0.25, 0.3) is 0 Å². The Kier molecular flexibility index (Phi) is 2.54. The predicted octanol–water partition coefficient (Wildman–Crippen LogP) is -0.232. The molecule has 5 heteroatoms. The number of nitro groups is 1. The van der Waals surface area contributed by atoms with Crippen molar-refractivity contribution in [2.75, 3.05) is 0 Å². The molecule has 0 radical (unpaired) electrons. The van der Waals surface area contributed by atoms with E-state index in [1.54, 1.807) is 6.08 Å². The highest BCUT2D eigenvalue weighted by Crippen LogP contribution is 2.19. The average molecular weight is 171 g/mol. The number of hydrogen-bond donors (Lipinski definition) is 1. The first-order chi connectivity index (χ1) is 5.66. The van der Waals surface area contributed by atoms with Gasteiger partial charge in [-0.3, -0.25) is 10.1 Å². The van der Waals surface area contributed by atoms with Crippen LogP contribution in [0.15, 0.2) is 12.2 Å². The lowest BCUT2D eigenvalue weighted by Crippen LogP contribution is -2.41. The Morgan fingerprint density at radius 3 is 2.75 bits per heavy atom. The van der Waals surface area contributed by atoms with Gasteiger partial charge in [0, 0.05) is 4.92 Å². The van der Waals surface area contributed by atoms with Crippen molar-refractivity contribution in [3.05, 3.63) is 22.3 Å². The number of carbonyl (C=O) groups is 1. The Hall–Kier alpha value is -1.23. The highest BCUT2D eigenvalue weighted by molar-refractivity contribution is 5.55. The summed E-state index contributed by atoms with van der Waals surface area (Å²) in [5, 5.41) is 19.5. The third kappa shape index (κ3) is 1.50. The van der Waals surface area contributed by atoms with Gasteiger partial charge in [-0.25, -0.2) is 0 Å². The zero-order valence-corrected chi connectivity index (χ0v) is 6.29. The molecule has 0 aromatic carbocycles.